The van der Waals surface area contributed by atoms with Crippen molar-refractivity contribution in [3.05, 3.63) is 83.7 Å². The number of rotatable bonds is 8. The van der Waals surface area contributed by atoms with E-state index < -0.39 is 0 Å². The Kier molecular flexibility index (Phi) is 11.7. The van der Waals surface area contributed by atoms with Crippen molar-refractivity contribution < 1.29 is 30.0 Å². The van der Waals surface area contributed by atoms with Gasteiger partial charge in [-0.15, -0.1) is 51.8 Å². The minimum atomic E-state index is -0.337. The molecule has 3 aromatic carbocycles. The summed E-state index contributed by atoms with van der Waals surface area (Å²) < 4.78 is 3.75. The molecule has 6 aromatic rings. The molecule has 0 aliphatic carbocycles. The molecular formula is C41H47IrN2O2S2-. The Morgan fingerprint density at radius 3 is 2.15 bits per heavy atom. The fourth-order valence-corrected chi connectivity index (χ4v) is 8.08. The van der Waals surface area contributed by atoms with Gasteiger partial charge in [0, 0.05) is 67.6 Å². The van der Waals surface area contributed by atoms with Gasteiger partial charge in [-0.1, -0.05) is 91.5 Å². The second-order valence-corrected chi connectivity index (χ2v) is 16.1. The first-order valence-corrected chi connectivity index (χ1v) is 18.4. The molecule has 0 amide bonds. The topological polar surface area (TPSA) is 63.1 Å². The number of carbonyl (C=O) groups excluding carboxylic acids is 1. The van der Waals surface area contributed by atoms with Crippen LogP contribution >= 0.6 is 22.7 Å². The average molecular weight is 856 g/mol. The standard InChI is InChI=1S/C26H19N2S2.C15H28O2.Ir/c1-26(2,3)20-13-16(12-15-6-4-5-7-17(15)20)22-25-23(28-14-27-22)19-8-9-21-18(10-11-29-21)24(19)30-25;1-7-14(5,8-2)12(16)11-13(17)15(6,9-3)10-4;/h4-11,13-14H,1-3H3;11,16H,7-10H2,1-6H3;/q-1;;/b;12-11-;. The number of aliphatic hydroxyl groups is 1. The van der Waals surface area contributed by atoms with E-state index in [1.165, 1.54) is 37.2 Å². The zero-order valence-electron chi connectivity index (χ0n) is 29.6. The Morgan fingerprint density at radius 1 is 0.833 bits per heavy atom. The molecule has 48 heavy (non-hydrogen) atoms. The molecule has 6 rings (SSSR count). The van der Waals surface area contributed by atoms with Gasteiger partial charge in [0.1, 0.15) is 12.1 Å². The quantitative estimate of drug-likeness (QED) is 0.0941. The maximum atomic E-state index is 12.2. The van der Waals surface area contributed by atoms with Gasteiger partial charge in [-0.05, 0) is 54.7 Å². The monoisotopic (exact) mass is 856 g/mol. The van der Waals surface area contributed by atoms with Crippen molar-refractivity contribution >= 4 is 69.6 Å². The van der Waals surface area contributed by atoms with Crippen LogP contribution in [0.2, 0.25) is 0 Å². The first kappa shape index (κ1) is 37.9. The predicted molar refractivity (Wildman–Crippen MR) is 204 cm³/mol. The van der Waals surface area contributed by atoms with E-state index in [4.69, 9.17) is 4.98 Å². The molecule has 0 saturated heterocycles. The Labute approximate surface area is 307 Å². The number of thiophene rings is 2. The van der Waals surface area contributed by atoms with Crippen molar-refractivity contribution in [1.82, 2.24) is 9.97 Å². The number of fused-ring (bicyclic) bond motifs is 6. The summed E-state index contributed by atoms with van der Waals surface area (Å²) in [6.07, 6.45) is 6.45. The van der Waals surface area contributed by atoms with Crippen molar-refractivity contribution in [3.63, 3.8) is 0 Å². The van der Waals surface area contributed by atoms with Gasteiger partial charge >= 0.3 is 0 Å². The fourth-order valence-electron chi connectivity index (χ4n) is 5.93. The summed E-state index contributed by atoms with van der Waals surface area (Å²) in [5.74, 6) is 0.286. The number of hydrogen-bond acceptors (Lipinski definition) is 6. The molecule has 0 saturated carbocycles. The first-order chi connectivity index (χ1) is 22.3. The Morgan fingerprint density at radius 2 is 1.50 bits per heavy atom. The maximum absolute atomic E-state index is 12.2. The largest absolute Gasteiger partial charge is 0.512 e. The zero-order valence-corrected chi connectivity index (χ0v) is 33.6. The van der Waals surface area contributed by atoms with Crippen molar-refractivity contribution in [2.24, 2.45) is 10.8 Å². The van der Waals surface area contributed by atoms with E-state index in [1.807, 2.05) is 41.5 Å². The molecule has 0 bridgehead atoms. The van der Waals surface area contributed by atoms with E-state index in [0.717, 1.165) is 52.5 Å². The molecular weight excluding hydrogens is 809 g/mol. The Bertz CT molecular complexity index is 2090. The molecule has 3 aromatic heterocycles. The van der Waals surface area contributed by atoms with Gasteiger partial charge in [0.2, 0.25) is 0 Å². The first-order valence-electron chi connectivity index (χ1n) is 16.7. The van der Waals surface area contributed by atoms with Crippen LogP contribution in [0.1, 0.15) is 93.6 Å². The molecule has 0 atom stereocenters. The van der Waals surface area contributed by atoms with Crippen LogP contribution in [0.4, 0.5) is 0 Å². The average Bonchev–Trinajstić information content (AvgIpc) is 3.71. The van der Waals surface area contributed by atoms with E-state index in [2.05, 4.69) is 85.7 Å². The molecule has 3 heterocycles. The van der Waals surface area contributed by atoms with Gasteiger partial charge in [0.05, 0.1) is 5.52 Å². The summed E-state index contributed by atoms with van der Waals surface area (Å²) >= 11 is 3.58. The SMILES string of the molecule is CC(C)(C)c1cc(-c2ncnc3c2sc2c4ccsc4ccc32)[c-]c2ccccc12.CCC(C)(CC)C(=O)/C=C(\O)C(C)(CC)CC.[Ir]. The van der Waals surface area contributed by atoms with Crippen LogP contribution in [0, 0.1) is 16.9 Å². The van der Waals surface area contributed by atoms with Crippen LogP contribution in [0.25, 0.3) is 52.4 Å². The molecule has 0 aliphatic heterocycles. The van der Waals surface area contributed by atoms with Crippen LogP contribution in [0.15, 0.2) is 72.1 Å². The molecule has 1 N–H and O–H groups in total. The van der Waals surface area contributed by atoms with Gasteiger partial charge in [0.25, 0.3) is 0 Å². The summed E-state index contributed by atoms with van der Waals surface area (Å²) in [7, 11) is 0. The maximum Gasteiger partial charge on any atom is 0.164 e. The zero-order chi connectivity index (χ0) is 34.1. The third-order valence-electron chi connectivity index (χ3n) is 10.3. The number of allylic oxidation sites excluding steroid dienone is 2. The van der Waals surface area contributed by atoms with Gasteiger partial charge in [-0.2, -0.15) is 0 Å². The minimum Gasteiger partial charge on any atom is -0.512 e. The molecule has 255 valence electrons. The van der Waals surface area contributed by atoms with Crippen LogP contribution in [-0.2, 0) is 30.3 Å². The molecule has 0 unspecified atom stereocenters. The molecule has 7 heteroatoms. The van der Waals surface area contributed by atoms with Crippen molar-refractivity contribution in [3.8, 4) is 11.3 Å². The Balaban J connectivity index is 0.000000251. The van der Waals surface area contributed by atoms with Gasteiger partial charge in [-0.3, -0.25) is 9.78 Å². The van der Waals surface area contributed by atoms with E-state index in [-0.39, 0.29) is 47.9 Å². The van der Waals surface area contributed by atoms with Crippen molar-refractivity contribution in [2.45, 2.75) is 93.4 Å². The van der Waals surface area contributed by atoms with Crippen LogP contribution < -0.4 is 0 Å². The second kappa shape index (κ2) is 14.9. The molecule has 0 spiro atoms. The van der Waals surface area contributed by atoms with Crippen molar-refractivity contribution in [1.29, 1.82) is 0 Å². The Hall–Kier alpha value is -2.96. The van der Waals surface area contributed by atoms with Gasteiger partial charge in [-0.25, -0.2) is 4.98 Å². The number of benzene rings is 3. The van der Waals surface area contributed by atoms with Gasteiger partial charge in [0.15, 0.2) is 5.78 Å². The van der Waals surface area contributed by atoms with Crippen molar-refractivity contribution in [2.75, 3.05) is 0 Å². The smallest absolute Gasteiger partial charge is 0.164 e. The number of nitrogens with zero attached hydrogens (tertiary/aromatic N) is 2. The number of aliphatic hydroxyl groups excluding tert-OH is 1. The number of ketones is 1. The molecule has 1 radical (unpaired) electrons. The second-order valence-electron chi connectivity index (χ2n) is 14.1. The summed E-state index contributed by atoms with van der Waals surface area (Å²) in [5, 5.41) is 17.2. The van der Waals surface area contributed by atoms with E-state index >= 15 is 0 Å². The van der Waals surface area contributed by atoms with Crippen LogP contribution in [0.5, 0.6) is 0 Å². The normalized spacial score (nSPS) is 12.7. The van der Waals surface area contributed by atoms with Crippen LogP contribution in [0.3, 0.4) is 0 Å². The molecule has 0 fully saturated rings. The summed E-state index contributed by atoms with van der Waals surface area (Å²) in [6.45, 7) is 18.9. The third kappa shape index (κ3) is 7.16. The number of carbonyl (C=O) groups is 1. The van der Waals surface area contributed by atoms with E-state index in [0.29, 0.717) is 0 Å². The summed E-state index contributed by atoms with van der Waals surface area (Å²) in [6, 6.07) is 21.1. The summed E-state index contributed by atoms with van der Waals surface area (Å²) in [5.41, 5.74) is 3.79. The molecule has 4 nitrogen and oxygen atoms in total. The minimum absolute atomic E-state index is 0. The van der Waals surface area contributed by atoms with Gasteiger partial charge < -0.3 is 5.11 Å². The third-order valence-corrected chi connectivity index (χ3v) is 12.4. The number of aromatic nitrogens is 2. The van der Waals surface area contributed by atoms with E-state index in [1.54, 1.807) is 29.0 Å². The number of hydrogen-bond donors (Lipinski definition) is 1. The van der Waals surface area contributed by atoms with E-state index in [9.17, 15) is 9.90 Å². The fraction of sp³-hybridized carbons (Fsp3) is 0.390. The summed E-state index contributed by atoms with van der Waals surface area (Å²) in [4.78, 5) is 21.6. The van der Waals surface area contributed by atoms with Crippen LogP contribution in [-0.4, -0.2) is 20.9 Å². The molecule has 0 aliphatic rings. The predicted octanol–water partition coefficient (Wildman–Crippen LogP) is 12.6.